The number of imide groups is 1. The van der Waals surface area contributed by atoms with Gasteiger partial charge in [-0.25, -0.2) is 0 Å². The van der Waals surface area contributed by atoms with Crippen LogP contribution in [0.1, 0.15) is 38.5 Å². The van der Waals surface area contributed by atoms with Crippen molar-refractivity contribution in [3.8, 4) is 0 Å². The van der Waals surface area contributed by atoms with Gasteiger partial charge < -0.3 is 4.90 Å². The molecule has 1 aromatic heterocycles. The number of aromatic nitrogens is 1. The van der Waals surface area contributed by atoms with Crippen molar-refractivity contribution in [2.45, 2.75) is 49.8 Å². The first-order valence-corrected chi connectivity index (χ1v) is 15.5. The molecule has 6 nitrogen and oxygen atoms in total. The fourth-order valence-corrected chi connectivity index (χ4v) is 10.9. The van der Waals surface area contributed by atoms with Gasteiger partial charge in [0.2, 0.25) is 11.8 Å². The van der Waals surface area contributed by atoms with Crippen LogP contribution in [-0.2, 0) is 9.59 Å². The molecular formula is C27H35N4O2PS. The molecule has 2 bridgehead atoms. The minimum absolute atomic E-state index is 0.0384. The molecule has 1 aliphatic carbocycles. The van der Waals surface area contributed by atoms with Crippen molar-refractivity contribution in [3.63, 3.8) is 0 Å². The van der Waals surface area contributed by atoms with Crippen LogP contribution in [0.3, 0.4) is 0 Å². The highest BCUT2D eigenvalue weighted by Gasteiger charge is 2.61. The van der Waals surface area contributed by atoms with Crippen molar-refractivity contribution in [2.24, 2.45) is 23.7 Å². The van der Waals surface area contributed by atoms with Gasteiger partial charge in [0, 0.05) is 44.7 Å². The zero-order valence-electron chi connectivity index (χ0n) is 20.3. The van der Waals surface area contributed by atoms with Crippen molar-refractivity contribution in [3.05, 3.63) is 24.3 Å². The maximum absolute atomic E-state index is 13.3. The van der Waals surface area contributed by atoms with E-state index in [2.05, 4.69) is 34.1 Å². The summed E-state index contributed by atoms with van der Waals surface area (Å²) in [6.45, 7) is 5.94. The second-order valence-electron chi connectivity index (χ2n) is 11.4. The third kappa shape index (κ3) is 3.84. The summed E-state index contributed by atoms with van der Waals surface area (Å²) in [4.78, 5) is 33.4. The van der Waals surface area contributed by atoms with E-state index >= 15 is 0 Å². The highest BCUT2D eigenvalue weighted by Crippen LogP contribution is 2.60. The summed E-state index contributed by atoms with van der Waals surface area (Å²) in [5.41, 5.74) is 1.03. The van der Waals surface area contributed by atoms with Crippen LogP contribution in [0.25, 0.3) is 10.1 Å². The predicted molar refractivity (Wildman–Crippen MR) is 143 cm³/mol. The Morgan fingerprint density at radius 1 is 0.857 bits per heavy atom. The lowest BCUT2D eigenvalue weighted by molar-refractivity contribution is -0.141. The van der Waals surface area contributed by atoms with Crippen molar-refractivity contribution < 1.29 is 9.59 Å². The lowest BCUT2D eigenvalue weighted by atomic mass is 9.78. The summed E-state index contributed by atoms with van der Waals surface area (Å²) in [7, 11) is 0.854. The third-order valence-electron chi connectivity index (χ3n) is 9.58. The fraction of sp³-hybridized carbons (Fsp3) is 0.667. The van der Waals surface area contributed by atoms with E-state index in [1.165, 1.54) is 42.2 Å². The Morgan fingerprint density at radius 3 is 2.23 bits per heavy atom. The van der Waals surface area contributed by atoms with Crippen LogP contribution in [0.2, 0.25) is 0 Å². The number of anilines is 1. The van der Waals surface area contributed by atoms with Crippen LogP contribution >= 0.6 is 20.1 Å². The van der Waals surface area contributed by atoms with Gasteiger partial charge >= 0.3 is 0 Å². The monoisotopic (exact) mass is 510 g/mol. The maximum atomic E-state index is 13.3. The van der Waals surface area contributed by atoms with Crippen molar-refractivity contribution in [1.29, 1.82) is 0 Å². The van der Waals surface area contributed by atoms with Crippen molar-refractivity contribution in [2.75, 3.05) is 44.2 Å². The third-order valence-corrected chi connectivity index (χ3v) is 12.5. The number of rotatable bonds is 5. The van der Waals surface area contributed by atoms with E-state index in [4.69, 9.17) is 4.37 Å². The predicted octanol–water partition coefficient (Wildman–Crippen LogP) is 4.05. The molecule has 2 unspecified atom stereocenters. The van der Waals surface area contributed by atoms with Gasteiger partial charge in [-0.05, 0) is 72.5 Å². The Bertz CT molecular complexity index is 1100. The fourth-order valence-electron chi connectivity index (χ4n) is 7.74. The zero-order chi connectivity index (χ0) is 23.5. The largest absolute Gasteiger partial charge is 0.353 e. The minimum Gasteiger partial charge on any atom is -0.353 e. The maximum Gasteiger partial charge on any atom is 0.233 e. The molecule has 7 rings (SSSR count). The highest BCUT2D eigenvalue weighted by atomic mass is 32.1. The van der Waals surface area contributed by atoms with E-state index in [1.54, 1.807) is 16.4 Å². The molecule has 8 heteroatoms. The van der Waals surface area contributed by atoms with Crippen LogP contribution in [0.4, 0.5) is 5.82 Å². The molecule has 2 aromatic rings. The molecule has 2 amide bonds. The van der Waals surface area contributed by atoms with Gasteiger partial charge in [-0.3, -0.25) is 19.4 Å². The normalized spacial score (nSPS) is 36.1. The number of likely N-dealkylation sites (tertiary alicyclic amines) is 1. The summed E-state index contributed by atoms with van der Waals surface area (Å²) in [6, 6.07) is 8.54. The molecule has 35 heavy (non-hydrogen) atoms. The Balaban J connectivity index is 0.986. The van der Waals surface area contributed by atoms with Gasteiger partial charge in [-0.15, -0.1) is 8.58 Å². The van der Waals surface area contributed by atoms with Gasteiger partial charge in [0.25, 0.3) is 0 Å². The van der Waals surface area contributed by atoms with Crippen LogP contribution < -0.4 is 4.90 Å². The zero-order valence-corrected chi connectivity index (χ0v) is 22.1. The number of fused-ring (bicyclic) bond motifs is 6. The standard InChI is InChI=1S/C27H35N4O2PS/c32-26-23-20-9-10-21(34-20)24(23)27(33)31(26)16-18-6-2-1-5-17(18)15-29-11-13-30(14-12-29)25-19-7-3-4-8-22(19)35-28-25/h3-4,7-8,17-18,20-21,23-24,34H,1-2,5-6,9-16H2/t17-,18-,20+,21?,23-,24+/m0/s1. The summed E-state index contributed by atoms with van der Waals surface area (Å²) in [6.07, 6.45) is 7.26. The first kappa shape index (κ1) is 22.6. The average molecular weight is 511 g/mol. The van der Waals surface area contributed by atoms with E-state index in [0.29, 0.717) is 29.7 Å². The summed E-state index contributed by atoms with van der Waals surface area (Å²) >= 11 is 1.60. The highest BCUT2D eigenvalue weighted by molar-refractivity contribution is 7.41. The number of nitrogens with zero attached hydrogens (tertiary/aromatic N) is 4. The molecule has 7 atom stereocenters. The molecule has 186 valence electrons. The average Bonchev–Trinajstić information content (AvgIpc) is 3.66. The van der Waals surface area contributed by atoms with Gasteiger partial charge in [-0.2, -0.15) is 4.37 Å². The van der Waals surface area contributed by atoms with Gasteiger partial charge in [0.1, 0.15) is 5.82 Å². The quantitative estimate of drug-likeness (QED) is 0.449. The number of piperazine rings is 1. The second kappa shape index (κ2) is 9.08. The van der Waals surface area contributed by atoms with E-state index in [1.807, 2.05) is 0 Å². The van der Waals surface area contributed by atoms with Crippen LogP contribution in [0.5, 0.6) is 0 Å². The summed E-state index contributed by atoms with van der Waals surface area (Å²) in [5.74, 6) is 2.66. The minimum atomic E-state index is 0.0384. The lowest BCUT2D eigenvalue weighted by Crippen LogP contribution is -2.49. The number of carbonyl (C=O) groups is 2. The molecule has 5 fully saturated rings. The molecule has 4 aliphatic heterocycles. The van der Waals surface area contributed by atoms with E-state index in [-0.39, 0.29) is 23.7 Å². The van der Waals surface area contributed by atoms with Crippen molar-refractivity contribution >= 4 is 47.8 Å². The number of hydrogen-bond donors (Lipinski definition) is 0. The van der Waals surface area contributed by atoms with Crippen LogP contribution in [0.15, 0.2) is 24.3 Å². The topological polar surface area (TPSA) is 56.8 Å². The molecule has 4 saturated heterocycles. The molecule has 5 aliphatic rings. The van der Waals surface area contributed by atoms with Gasteiger partial charge in [0.05, 0.1) is 16.5 Å². The van der Waals surface area contributed by atoms with Crippen molar-refractivity contribution in [1.82, 2.24) is 14.2 Å². The molecule has 0 N–H and O–H groups in total. The molecule has 0 spiro atoms. The number of amides is 2. The summed E-state index contributed by atoms with van der Waals surface area (Å²) < 4.78 is 6.03. The Hall–Kier alpha value is -1.56. The Kier molecular flexibility index (Phi) is 5.87. The summed E-state index contributed by atoms with van der Waals surface area (Å²) in [5, 5.41) is 1.27. The molecule has 5 heterocycles. The Labute approximate surface area is 213 Å². The first-order valence-electron chi connectivity index (χ1n) is 13.6. The lowest BCUT2D eigenvalue weighted by Gasteiger charge is -2.40. The number of benzene rings is 1. The van der Waals surface area contributed by atoms with Gasteiger partial charge in [0.15, 0.2) is 0 Å². The Morgan fingerprint density at radius 2 is 1.51 bits per heavy atom. The van der Waals surface area contributed by atoms with Gasteiger partial charge in [-0.1, -0.05) is 25.0 Å². The van der Waals surface area contributed by atoms with Crippen LogP contribution in [-0.4, -0.2) is 76.6 Å². The van der Waals surface area contributed by atoms with Crippen LogP contribution in [0, 0.1) is 23.7 Å². The number of carbonyl (C=O) groups excluding carboxylic acids is 2. The molecular weight excluding hydrogens is 475 g/mol. The SMILES string of the molecule is O=C1[C@@H]2[C@H](C(=O)N1C[C@@H]1CCCC[C@H]1CN1CCN(c3nsc4ccccc34)CC1)C1CC[C@H]2P1. The molecule has 1 saturated carbocycles. The second-order valence-corrected chi connectivity index (χ2v) is 14.0. The molecule has 0 radical (unpaired) electrons. The van der Waals surface area contributed by atoms with E-state index in [0.717, 1.165) is 53.5 Å². The van der Waals surface area contributed by atoms with E-state index < -0.39 is 0 Å². The smallest absolute Gasteiger partial charge is 0.233 e. The first-order chi connectivity index (χ1) is 17.2. The molecule has 1 aromatic carbocycles. The number of hydrogen-bond acceptors (Lipinski definition) is 6. The van der Waals surface area contributed by atoms with E-state index in [9.17, 15) is 9.59 Å².